The smallest absolute Gasteiger partial charge is 0.339 e. The van der Waals surface area contributed by atoms with Crippen LogP contribution in [0.1, 0.15) is 60.3 Å². The van der Waals surface area contributed by atoms with Crippen LogP contribution < -0.4 is 14.9 Å². The summed E-state index contributed by atoms with van der Waals surface area (Å²) in [5.74, 6) is -1.88. The van der Waals surface area contributed by atoms with Crippen LogP contribution in [0.2, 0.25) is 0 Å². The summed E-state index contributed by atoms with van der Waals surface area (Å²) < 4.78 is 82.1. The minimum atomic E-state index is -4.72. The number of rotatable bonds is 9. The molecule has 3 aliphatic rings. The predicted octanol–water partition coefficient (Wildman–Crippen LogP) is 5.77. The van der Waals surface area contributed by atoms with E-state index in [2.05, 4.69) is 16.6 Å². The topological polar surface area (TPSA) is 113 Å². The summed E-state index contributed by atoms with van der Waals surface area (Å²) in [5, 5.41) is 8.16. The van der Waals surface area contributed by atoms with E-state index in [1.54, 1.807) is 13.8 Å². The van der Waals surface area contributed by atoms with E-state index in [1.165, 1.54) is 33.9 Å². The number of hydrogen-bond donors (Lipinski definition) is 3. The van der Waals surface area contributed by atoms with Crippen LogP contribution in [-0.2, 0) is 32.3 Å². The third-order valence-electron chi connectivity index (χ3n) is 8.63. The molecule has 1 aromatic carbocycles. The predicted molar refractivity (Wildman–Crippen MR) is 173 cm³/mol. The number of allylic oxidation sites excluding steroid dienone is 8. The molecular weight excluding hydrogens is 659 g/mol. The first kappa shape index (κ1) is 34.4. The van der Waals surface area contributed by atoms with E-state index in [1.807, 2.05) is 18.2 Å². The summed E-state index contributed by atoms with van der Waals surface area (Å²) in [6.45, 7) is 6.44. The molecule has 0 saturated heterocycles. The van der Waals surface area contributed by atoms with E-state index in [0.29, 0.717) is 18.2 Å². The molecule has 47 heavy (non-hydrogen) atoms. The van der Waals surface area contributed by atoms with Gasteiger partial charge in [-0.25, -0.2) is 22.2 Å². The summed E-state index contributed by atoms with van der Waals surface area (Å²) in [6.07, 6.45) is 6.40. The molecule has 2 heterocycles. The zero-order valence-corrected chi connectivity index (χ0v) is 27.2. The molecule has 2 aromatic rings. The number of hydrogen-bond acceptors (Lipinski definition) is 6. The number of fused-ring (bicyclic) bond motifs is 1. The number of alkyl halides is 3. The van der Waals surface area contributed by atoms with Gasteiger partial charge in [0.1, 0.15) is 17.7 Å². The van der Waals surface area contributed by atoms with Crippen LogP contribution in [0, 0.1) is 5.41 Å². The number of amides is 2. The van der Waals surface area contributed by atoms with Gasteiger partial charge in [-0.2, -0.15) is 30.9 Å². The fourth-order valence-electron chi connectivity index (χ4n) is 6.09. The Morgan fingerprint density at radius 3 is 2.57 bits per heavy atom. The minimum absolute atomic E-state index is 0.000782. The molecule has 0 saturated carbocycles. The number of benzene rings is 1. The maximum atomic E-state index is 14.6. The van der Waals surface area contributed by atoms with E-state index in [0.717, 1.165) is 24.0 Å². The Kier molecular flexibility index (Phi) is 9.20. The lowest BCUT2D eigenvalue weighted by Gasteiger charge is -2.52. The number of anilines is 1. The molecule has 5 rings (SSSR count). The monoisotopic (exact) mass is 691 g/mol. The first-order chi connectivity index (χ1) is 22.1. The lowest BCUT2D eigenvalue weighted by Crippen LogP contribution is -2.65. The largest absolute Gasteiger partial charge is 0.416 e. The van der Waals surface area contributed by atoms with Crippen LogP contribution in [0.15, 0.2) is 78.5 Å². The quantitative estimate of drug-likeness (QED) is 0.229. The second-order valence-electron chi connectivity index (χ2n) is 11.6. The number of halogens is 4. The third kappa shape index (κ3) is 6.23. The van der Waals surface area contributed by atoms with Gasteiger partial charge in [-0.1, -0.05) is 37.8 Å². The molecule has 0 fully saturated rings. The molecule has 1 aromatic heterocycles. The average molecular weight is 692 g/mol. The molecule has 250 valence electrons. The highest BCUT2D eigenvalue weighted by atomic mass is 32.2. The number of sulfonamides is 1. The van der Waals surface area contributed by atoms with Gasteiger partial charge in [0.15, 0.2) is 0 Å². The van der Waals surface area contributed by atoms with Gasteiger partial charge in [0.05, 0.1) is 28.2 Å². The van der Waals surface area contributed by atoms with Gasteiger partial charge in [0, 0.05) is 28.5 Å². The van der Waals surface area contributed by atoms with Crippen molar-refractivity contribution in [2.24, 2.45) is 5.41 Å². The molecule has 0 bridgehead atoms. The van der Waals surface area contributed by atoms with Gasteiger partial charge in [0.2, 0.25) is 10.0 Å². The third-order valence-corrected chi connectivity index (χ3v) is 10.6. The van der Waals surface area contributed by atoms with Gasteiger partial charge >= 0.3 is 6.18 Å². The normalized spacial score (nSPS) is 24.4. The van der Waals surface area contributed by atoms with Crippen molar-refractivity contribution in [3.8, 4) is 0 Å². The number of carbonyl (C=O) groups is 2. The molecule has 0 spiro atoms. The van der Waals surface area contributed by atoms with Gasteiger partial charge in [-0.3, -0.25) is 14.5 Å². The Hall–Kier alpha value is -3.95. The maximum Gasteiger partial charge on any atom is 0.416 e. The molecule has 1 unspecified atom stereocenters. The van der Waals surface area contributed by atoms with Gasteiger partial charge in [0.25, 0.3) is 11.8 Å². The van der Waals surface area contributed by atoms with E-state index < -0.39 is 55.6 Å². The maximum absolute atomic E-state index is 14.6. The lowest BCUT2D eigenvalue weighted by molar-refractivity contribution is -0.137. The van der Waals surface area contributed by atoms with Crippen LogP contribution in [0.3, 0.4) is 0 Å². The molecule has 3 atom stereocenters. The summed E-state index contributed by atoms with van der Waals surface area (Å²) in [5.41, 5.74) is -1.57. The van der Waals surface area contributed by atoms with Crippen molar-refractivity contribution >= 4 is 46.0 Å². The number of thiol groups is 1. The van der Waals surface area contributed by atoms with Crippen LogP contribution in [-0.4, -0.2) is 42.6 Å². The molecule has 2 amide bonds. The van der Waals surface area contributed by atoms with Crippen LogP contribution in [0.25, 0.3) is 5.70 Å². The molecule has 0 radical (unpaired) electrons. The van der Waals surface area contributed by atoms with Crippen molar-refractivity contribution in [1.29, 1.82) is 0 Å². The standard InChI is InChI=1S/C32H33F4N5O4S2/c1-4-40-28-25(24(19-37-47(44,45)5-2)39-41(28)23-12-7-6-8-13-23)31(46,30(3)16-14-22(33)15-17-30)26(29(40)43)38-27(42)20-10-9-11-21(18-20)32(34,35)36/h5,7,9-16,18,26,37,46H,2,4,6,8,17,19H2,1,3H3,(H,38,42)/t26-,30?,31+/m1/s1. The Bertz CT molecular complexity index is 1860. The fourth-order valence-corrected chi connectivity index (χ4v) is 7.12. The van der Waals surface area contributed by atoms with E-state index in [-0.39, 0.29) is 42.1 Å². The molecule has 1 aliphatic heterocycles. The van der Waals surface area contributed by atoms with Crippen molar-refractivity contribution in [3.63, 3.8) is 0 Å². The molecular formula is C32H33F4N5O4S2. The second-order valence-corrected chi connectivity index (χ2v) is 14.0. The highest BCUT2D eigenvalue weighted by Gasteiger charge is 2.61. The SMILES string of the molecule is C=CS(=O)(=O)NCc1nn(C2=CCCC=C2)c2c1[C@@](S)(C1(C)C=CC(F)=CC1)[C@H](NC(=O)c1cccc(C(F)(F)F)c1)C(=O)N2CC. The van der Waals surface area contributed by atoms with E-state index in [4.69, 9.17) is 17.7 Å². The molecule has 2 aliphatic carbocycles. The Morgan fingerprint density at radius 2 is 1.98 bits per heavy atom. The van der Waals surface area contributed by atoms with Gasteiger partial charge in [-0.15, -0.1) is 0 Å². The highest BCUT2D eigenvalue weighted by Crippen LogP contribution is 2.58. The van der Waals surface area contributed by atoms with Crippen molar-refractivity contribution < 1.29 is 35.6 Å². The Balaban J connectivity index is 1.76. The number of nitrogens with zero attached hydrogens (tertiary/aromatic N) is 3. The van der Waals surface area contributed by atoms with Crippen molar-refractivity contribution in [2.75, 3.05) is 11.4 Å². The van der Waals surface area contributed by atoms with Crippen molar-refractivity contribution in [2.45, 2.75) is 56.6 Å². The van der Waals surface area contributed by atoms with Crippen LogP contribution in [0.5, 0.6) is 0 Å². The molecule has 2 N–H and O–H groups in total. The first-order valence-corrected chi connectivity index (χ1v) is 16.7. The van der Waals surface area contributed by atoms with Crippen LogP contribution in [0.4, 0.5) is 23.4 Å². The Labute approximate surface area is 275 Å². The summed E-state index contributed by atoms with van der Waals surface area (Å²) >= 11 is 5.18. The van der Waals surface area contributed by atoms with E-state index in [9.17, 15) is 35.6 Å². The summed E-state index contributed by atoms with van der Waals surface area (Å²) in [4.78, 5) is 29.6. The molecule has 15 heteroatoms. The zero-order chi connectivity index (χ0) is 34.4. The summed E-state index contributed by atoms with van der Waals surface area (Å²) in [7, 11) is -3.96. The zero-order valence-electron chi connectivity index (χ0n) is 25.5. The Morgan fingerprint density at radius 1 is 1.23 bits per heavy atom. The van der Waals surface area contributed by atoms with Crippen LogP contribution >= 0.6 is 12.6 Å². The first-order valence-electron chi connectivity index (χ1n) is 14.7. The number of aromatic nitrogens is 2. The number of likely N-dealkylation sites (N-methyl/N-ethyl adjacent to an activating group) is 1. The average Bonchev–Trinajstić information content (AvgIpc) is 3.43. The number of carbonyl (C=O) groups excluding carboxylic acids is 2. The van der Waals surface area contributed by atoms with Gasteiger partial charge in [-0.05, 0) is 62.6 Å². The summed E-state index contributed by atoms with van der Waals surface area (Å²) in [6, 6.07) is 2.25. The van der Waals surface area contributed by atoms with Crippen molar-refractivity contribution in [3.05, 3.63) is 101 Å². The fraction of sp³-hybridized carbons (Fsp3) is 0.344. The highest BCUT2D eigenvalue weighted by molar-refractivity contribution is 7.92. The molecule has 9 nitrogen and oxygen atoms in total. The lowest BCUT2D eigenvalue weighted by atomic mass is 9.63. The van der Waals surface area contributed by atoms with Gasteiger partial charge < -0.3 is 5.32 Å². The second kappa shape index (κ2) is 12.6. The van der Waals surface area contributed by atoms with Crippen molar-refractivity contribution in [1.82, 2.24) is 19.8 Å². The minimum Gasteiger partial charge on any atom is -0.339 e. The number of nitrogens with one attached hydrogen (secondary N) is 2. The van der Waals surface area contributed by atoms with E-state index >= 15 is 0 Å².